The molecule has 0 aromatic heterocycles. The summed E-state index contributed by atoms with van der Waals surface area (Å²) in [5.74, 6) is 0.699. The summed E-state index contributed by atoms with van der Waals surface area (Å²) < 4.78 is 16.4. The Kier molecular flexibility index (Phi) is 6.65. The summed E-state index contributed by atoms with van der Waals surface area (Å²) in [6, 6.07) is 18.9. The number of ether oxygens (including phenoxy) is 3. The first-order chi connectivity index (χ1) is 14.6. The molecule has 0 atom stereocenters. The maximum absolute atomic E-state index is 12.3. The van der Waals surface area contributed by atoms with Crippen molar-refractivity contribution in [1.82, 2.24) is 0 Å². The highest BCUT2D eigenvalue weighted by Crippen LogP contribution is 2.32. The topological polar surface area (TPSA) is 49.1 Å². The molecule has 5 nitrogen and oxygen atoms in total. The van der Waals surface area contributed by atoms with Crippen LogP contribution in [0.4, 0.5) is 5.69 Å². The molecule has 5 heteroatoms. The predicted octanol–water partition coefficient (Wildman–Crippen LogP) is 6.16. The zero-order chi connectivity index (χ0) is 21.3. The van der Waals surface area contributed by atoms with Gasteiger partial charge in [-0.1, -0.05) is 49.6 Å². The van der Waals surface area contributed by atoms with Crippen molar-refractivity contribution in [3.05, 3.63) is 108 Å². The molecule has 3 rings (SSSR count). The molecular formula is C25H19NO4. The van der Waals surface area contributed by atoms with Gasteiger partial charge >= 0.3 is 5.97 Å². The lowest BCUT2D eigenvalue weighted by Crippen LogP contribution is -2.09. The lowest BCUT2D eigenvalue weighted by molar-refractivity contribution is 0.0735. The minimum absolute atomic E-state index is 0.0281. The van der Waals surface area contributed by atoms with Gasteiger partial charge in [-0.25, -0.2) is 9.64 Å². The molecule has 0 spiro atoms. The van der Waals surface area contributed by atoms with E-state index in [1.807, 2.05) is 24.3 Å². The number of hydrogen-bond acceptors (Lipinski definition) is 4. The van der Waals surface area contributed by atoms with E-state index in [0.29, 0.717) is 17.1 Å². The maximum Gasteiger partial charge on any atom is 0.342 e. The standard InChI is InChI=1S/C25H19NO4/c1-4-18-6-10-20(11-7-18)25(27)30-24-15-14-22(16-23(24)26-3)29-17-28-21-12-8-19(5-2)9-13-21/h4-16H,1-2,17H2. The summed E-state index contributed by atoms with van der Waals surface area (Å²) in [7, 11) is 0. The van der Waals surface area contributed by atoms with Gasteiger partial charge in [0.15, 0.2) is 0 Å². The summed E-state index contributed by atoms with van der Waals surface area (Å²) in [5.41, 5.74) is 2.44. The van der Waals surface area contributed by atoms with Gasteiger partial charge < -0.3 is 14.2 Å². The Morgan fingerprint density at radius 1 is 0.867 bits per heavy atom. The molecule has 0 bridgehead atoms. The third-order valence-electron chi connectivity index (χ3n) is 4.20. The second-order valence-corrected chi connectivity index (χ2v) is 6.14. The molecular weight excluding hydrogens is 378 g/mol. The largest absolute Gasteiger partial charge is 0.459 e. The van der Waals surface area contributed by atoms with Gasteiger partial charge in [-0.05, 0) is 53.6 Å². The van der Waals surface area contributed by atoms with Gasteiger partial charge in [-0.2, -0.15) is 0 Å². The predicted molar refractivity (Wildman–Crippen MR) is 117 cm³/mol. The van der Waals surface area contributed by atoms with Crippen molar-refractivity contribution < 1.29 is 19.0 Å². The van der Waals surface area contributed by atoms with Crippen LogP contribution in [-0.2, 0) is 0 Å². The van der Waals surface area contributed by atoms with Gasteiger partial charge in [0.05, 0.1) is 12.1 Å². The first-order valence-corrected chi connectivity index (χ1v) is 9.07. The fourth-order valence-electron chi connectivity index (χ4n) is 2.54. The Balaban J connectivity index is 1.62. The maximum atomic E-state index is 12.3. The van der Waals surface area contributed by atoms with Crippen LogP contribution in [0.25, 0.3) is 17.0 Å². The average molecular weight is 397 g/mol. The molecule has 0 amide bonds. The quantitative estimate of drug-likeness (QED) is 0.198. The van der Waals surface area contributed by atoms with Crippen LogP contribution in [0.3, 0.4) is 0 Å². The molecule has 0 aliphatic rings. The third kappa shape index (κ3) is 5.15. The van der Waals surface area contributed by atoms with Crippen molar-refractivity contribution in [2.75, 3.05) is 6.79 Å². The molecule has 148 valence electrons. The normalized spacial score (nSPS) is 9.83. The first-order valence-electron chi connectivity index (χ1n) is 9.07. The molecule has 0 fully saturated rings. The Hall–Kier alpha value is -4.30. The van der Waals surface area contributed by atoms with Gasteiger partial charge in [0.25, 0.3) is 0 Å². The molecule has 0 unspecified atom stereocenters. The van der Waals surface area contributed by atoms with Crippen LogP contribution < -0.4 is 14.2 Å². The summed E-state index contributed by atoms with van der Waals surface area (Å²) >= 11 is 0. The fourth-order valence-corrected chi connectivity index (χ4v) is 2.54. The molecule has 0 saturated heterocycles. The van der Waals surface area contributed by atoms with Crippen LogP contribution >= 0.6 is 0 Å². The highest BCUT2D eigenvalue weighted by Gasteiger charge is 2.13. The van der Waals surface area contributed by atoms with Gasteiger partial charge in [-0.15, -0.1) is 0 Å². The summed E-state index contributed by atoms with van der Waals surface area (Å²) in [4.78, 5) is 15.8. The van der Waals surface area contributed by atoms with Crippen molar-refractivity contribution in [3.8, 4) is 17.2 Å². The minimum Gasteiger partial charge on any atom is -0.459 e. The Morgan fingerprint density at radius 3 is 2.03 bits per heavy atom. The molecule has 30 heavy (non-hydrogen) atoms. The number of esters is 1. The molecule has 0 saturated carbocycles. The molecule has 3 aromatic rings. The van der Waals surface area contributed by atoms with Crippen LogP contribution in [-0.4, -0.2) is 12.8 Å². The van der Waals surface area contributed by atoms with Crippen LogP contribution in [0.5, 0.6) is 17.2 Å². The van der Waals surface area contributed by atoms with Crippen LogP contribution in [0.1, 0.15) is 21.5 Å². The number of nitrogens with zero attached hydrogens (tertiary/aromatic N) is 1. The molecule has 0 heterocycles. The first kappa shape index (κ1) is 20.4. The van der Waals surface area contributed by atoms with E-state index in [2.05, 4.69) is 18.0 Å². The Labute approximate surface area is 175 Å². The van der Waals surface area contributed by atoms with Crippen molar-refractivity contribution in [2.24, 2.45) is 0 Å². The van der Waals surface area contributed by atoms with E-state index in [4.69, 9.17) is 20.8 Å². The van der Waals surface area contributed by atoms with Crippen LogP contribution in [0, 0.1) is 6.57 Å². The monoisotopic (exact) mass is 397 g/mol. The van der Waals surface area contributed by atoms with Crippen molar-refractivity contribution >= 4 is 23.8 Å². The van der Waals surface area contributed by atoms with E-state index in [-0.39, 0.29) is 18.2 Å². The van der Waals surface area contributed by atoms with Gasteiger partial charge in [-0.3, -0.25) is 0 Å². The second kappa shape index (κ2) is 9.76. The van der Waals surface area contributed by atoms with Crippen LogP contribution in [0.2, 0.25) is 0 Å². The second-order valence-electron chi connectivity index (χ2n) is 6.14. The molecule has 0 radical (unpaired) electrons. The molecule has 3 aromatic carbocycles. The van der Waals surface area contributed by atoms with Crippen molar-refractivity contribution in [3.63, 3.8) is 0 Å². The highest BCUT2D eigenvalue weighted by atomic mass is 16.7. The number of carbonyl (C=O) groups is 1. The summed E-state index contributed by atoms with van der Waals surface area (Å²) in [6.45, 7) is 14.7. The van der Waals surface area contributed by atoms with E-state index in [1.54, 1.807) is 42.5 Å². The number of carbonyl (C=O) groups excluding carboxylic acids is 1. The SMILES string of the molecule is [C-]#[N+]c1cc(OCOc2ccc(C=C)cc2)ccc1OC(=O)c1ccc(C=C)cc1. The summed E-state index contributed by atoms with van der Waals surface area (Å²) in [5, 5.41) is 0. The molecule has 0 aliphatic heterocycles. The van der Waals surface area contributed by atoms with Crippen molar-refractivity contribution in [1.29, 1.82) is 0 Å². The lowest BCUT2D eigenvalue weighted by atomic mass is 10.1. The average Bonchev–Trinajstić information content (AvgIpc) is 2.80. The zero-order valence-corrected chi connectivity index (χ0v) is 16.2. The van der Waals surface area contributed by atoms with Gasteiger partial charge in [0, 0.05) is 0 Å². The highest BCUT2D eigenvalue weighted by molar-refractivity contribution is 5.92. The third-order valence-corrected chi connectivity index (χ3v) is 4.20. The van der Waals surface area contributed by atoms with E-state index < -0.39 is 5.97 Å². The Bertz CT molecular complexity index is 1090. The molecule has 0 aliphatic carbocycles. The Morgan fingerprint density at radius 2 is 1.43 bits per heavy atom. The molecule has 0 N–H and O–H groups in total. The van der Waals surface area contributed by atoms with Gasteiger partial charge in [0.2, 0.25) is 12.5 Å². The van der Waals surface area contributed by atoms with E-state index in [0.717, 1.165) is 11.1 Å². The zero-order valence-electron chi connectivity index (χ0n) is 16.2. The van der Waals surface area contributed by atoms with Gasteiger partial charge in [0.1, 0.15) is 17.2 Å². The van der Waals surface area contributed by atoms with E-state index in [9.17, 15) is 4.79 Å². The van der Waals surface area contributed by atoms with Crippen molar-refractivity contribution in [2.45, 2.75) is 0 Å². The number of benzene rings is 3. The van der Waals surface area contributed by atoms with Crippen LogP contribution in [0.15, 0.2) is 79.9 Å². The smallest absolute Gasteiger partial charge is 0.342 e. The van der Waals surface area contributed by atoms with E-state index in [1.165, 1.54) is 12.1 Å². The van der Waals surface area contributed by atoms with E-state index >= 15 is 0 Å². The minimum atomic E-state index is -0.546. The number of hydrogen-bond donors (Lipinski definition) is 0. The number of rotatable bonds is 8. The summed E-state index contributed by atoms with van der Waals surface area (Å²) in [6.07, 6.45) is 3.43. The lowest BCUT2D eigenvalue weighted by Gasteiger charge is -2.11. The fraction of sp³-hybridized carbons (Fsp3) is 0.0400.